The molecule has 0 aromatic carbocycles. The van der Waals surface area contributed by atoms with Gasteiger partial charge in [-0.25, -0.2) is 12.7 Å². The molecule has 1 saturated heterocycles. The topological polar surface area (TPSA) is 57.6 Å². The summed E-state index contributed by atoms with van der Waals surface area (Å²) in [7, 11) is -3.20. The van der Waals surface area contributed by atoms with Crippen molar-refractivity contribution in [3.63, 3.8) is 0 Å². The van der Waals surface area contributed by atoms with Gasteiger partial charge in [-0.05, 0) is 25.2 Å². The van der Waals surface area contributed by atoms with Crippen LogP contribution in [0.4, 0.5) is 0 Å². The average molecular weight is 270 g/mol. The smallest absolute Gasteiger partial charge is 0.214 e. The van der Waals surface area contributed by atoms with E-state index in [-0.39, 0.29) is 17.6 Å². The van der Waals surface area contributed by atoms with Gasteiger partial charge >= 0.3 is 0 Å². The highest BCUT2D eigenvalue weighted by atomic mass is 35.5. The summed E-state index contributed by atoms with van der Waals surface area (Å²) in [6.07, 6.45) is 0.303. The Morgan fingerprint density at radius 1 is 1.50 bits per heavy atom. The minimum atomic E-state index is -3.20. The number of aliphatic hydroxyl groups is 1. The van der Waals surface area contributed by atoms with Crippen LogP contribution in [-0.4, -0.2) is 48.7 Å². The van der Waals surface area contributed by atoms with Crippen LogP contribution in [0.2, 0.25) is 0 Å². The Kier molecular flexibility index (Phi) is 5.04. The molecular weight excluding hydrogens is 250 g/mol. The molecule has 3 atom stereocenters. The summed E-state index contributed by atoms with van der Waals surface area (Å²) in [4.78, 5) is 0. The van der Waals surface area contributed by atoms with Crippen molar-refractivity contribution in [1.29, 1.82) is 0 Å². The molecule has 1 aliphatic heterocycles. The third-order valence-corrected chi connectivity index (χ3v) is 5.66. The fourth-order valence-electron chi connectivity index (χ4n) is 1.91. The fraction of sp³-hybridized carbons (Fsp3) is 1.00. The summed E-state index contributed by atoms with van der Waals surface area (Å²) in [5.41, 5.74) is 0. The van der Waals surface area contributed by atoms with Gasteiger partial charge in [0.05, 0.1) is 11.9 Å². The number of alkyl halides is 1. The van der Waals surface area contributed by atoms with Crippen LogP contribution in [0.1, 0.15) is 20.3 Å². The van der Waals surface area contributed by atoms with Crippen molar-refractivity contribution in [3.8, 4) is 0 Å². The molecule has 3 unspecified atom stereocenters. The van der Waals surface area contributed by atoms with E-state index in [0.717, 1.165) is 6.42 Å². The van der Waals surface area contributed by atoms with Crippen LogP contribution in [0.15, 0.2) is 0 Å². The maximum absolute atomic E-state index is 12.0. The molecular formula is C10H20ClNO3S. The standard InChI is InChI=1S/C10H20ClNO3S/c1-8(5-11)7-16(14,15)12-4-3-10(6-12)9(2)13/h8-10,13H,3-7H2,1-2H3. The zero-order valence-electron chi connectivity index (χ0n) is 9.76. The second-order valence-electron chi connectivity index (χ2n) is 4.69. The minimum absolute atomic E-state index is 0.0303. The molecule has 0 spiro atoms. The second kappa shape index (κ2) is 5.67. The minimum Gasteiger partial charge on any atom is -0.393 e. The predicted octanol–water partition coefficient (Wildman–Crippen LogP) is 0.894. The summed E-state index contributed by atoms with van der Waals surface area (Å²) in [6.45, 7) is 4.50. The van der Waals surface area contributed by atoms with Gasteiger partial charge < -0.3 is 5.11 Å². The van der Waals surface area contributed by atoms with E-state index in [1.54, 1.807) is 6.92 Å². The first kappa shape index (κ1) is 14.2. The normalized spacial score (nSPS) is 26.9. The van der Waals surface area contributed by atoms with Crippen molar-refractivity contribution in [3.05, 3.63) is 0 Å². The monoisotopic (exact) mass is 269 g/mol. The molecule has 0 aromatic heterocycles. The van der Waals surface area contributed by atoms with E-state index in [9.17, 15) is 13.5 Å². The molecule has 0 aliphatic carbocycles. The van der Waals surface area contributed by atoms with Gasteiger partial charge in [0.15, 0.2) is 0 Å². The van der Waals surface area contributed by atoms with Crippen molar-refractivity contribution in [2.45, 2.75) is 26.4 Å². The Bertz CT molecular complexity index is 318. The quantitative estimate of drug-likeness (QED) is 0.755. The summed E-state index contributed by atoms with van der Waals surface area (Å²) >= 11 is 5.62. The largest absolute Gasteiger partial charge is 0.393 e. The van der Waals surface area contributed by atoms with Gasteiger partial charge in [0, 0.05) is 19.0 Å². The van der Waals surface area contributed by atoms with Crippen LogP contribution in [-0.2, 0) is 10.0 Å². The van der Waals surface area contributed by atoms with Gasteiger partial charge in [-0.1, -0.05) is 6.92 Å². The zero-order chi connectivity index (χ0) is 12.3. The van der Waals surface area contributed by atoms with Gasteiger partial charge in [-0.15, -0.1) is 11.6 Å². The third-order valence-electron chi connectivity index (χ3n) is 3.02. The first-order chi connectivity index (χ1) is 7.36. The van der Waals surface area contributed by atoms with Crippen molar-refractivity contribution >= 4 is 21.6 Å². The first-order valence-electron chi connectivity index (χ1n) is 5.58. The number of hydrogen-bond donors (Lipinski definition) is 1. The highest BCUT2D eigenvalue weighted by molar-refractivity contribution is 7.89. The Balaban J connectivity index is 2.59. The molecule has 6 heteroatoms. The molecule has 0 saturated carbocycles. The van der Waals surface area contributed by atoms with Crippen molar-refractivity contribution in [2.75, 3.05) is 24.7 Å². The molecule has 0 amide bonds. The summed E-state index contributed by atoms with van der Waals surface area (Å²) in [6, 6.07) is 0. The number of aliphatic hydroxyl groups excluding tert-OH is 1. The Hall–Kier alpha value is 0.160. The van der Waals surface area contributed by atoms with Crippen LogP contribution >= 0.6 is 11.6 Å². The second-order valence-corrected chi connectivity index (χ2v) is 7.01. The summed E-state index contributed by atoms with van der Waals surface area (Å²) in [5, 5.41) is 9.42. The van der Waals surface area contributed by atoms with Crippen LogP contribution in [0.3, 0.4) is 0 Å². The molecule has 0 bridgehead atoms. The van der Waals surface area contributed by atoms with Gasteiger partial charge in [0.25, 0.3) is 0 Å². The van der Waals surface area contributed by atoms with E-state index in [0.29, 0.717) is 19.0 Å². The van der Waals surface area contributed by atoms with Crippen LogP contribution < -0.4 is 0 Å². The van der Waals surface area contributed by atoms with Crippen molar-refractivity contribution in [1.82, 2.24) is 4.31 Å². The highest BCUT2D eigenvalue weighted by Gasteiger charge is 2.33. The van der Waals surface area contributed by atoms with E-state index in [1.807, 2.05) is 6.92 Å². The van der Waals surface area contributed by atoms with E-state index in [2.05, 4.69) is 0 Å². The van der Waals surface area contributed by atoms with Gasteiger partial charge in [0.1, 0.15) is 0 Å². The Labute approximate surface area is 103 Å². The van der Waals surface area contributed by atoms with E-state index in [4.69, 9.17) is 11.6 Å². The predicted molar refractivity (Wildman–Crippen MR) is 65.0 cm³/mol. The maximum Gasteiger partial charge on any atom is 0.214 e. The molecule has 0 aromatic rings. The molecule has 1 fully saturated rings. The fourth-order valence-corrected chi connectivity index (χ4v) is 4.00. The summed E-state index contributed by atoms with van der Waals surface area (Å²) < 4.78 is 25.4. The third kappa shape index (κ3) is 3.58. The van der Waals surface area contributed by atoms with E-state index < -0.39 is 16.1 Å². The van der Waals surface area contributed by atoms with E-state index >= 15 is 0 Å². The van der Waals surface area contributed by atoms with Gasteiger partial charge in [0.2, 0.25) is 10.0 Å². The van der Waals surface area contributed by atoms with E-state index in [1.165, 1.54) is 4.31 Å². The van der Waals surface area contributed by atoms with Crippen LogP contribution in [0, 0.1) is 11.8 Å². The molecule has 4 nitrogen and oxygen atoms in total. The number of sulfonamides is 1. The van der Waals surface area contributed by atoms with Crippen LogP contribution in [0.25, 0.3) is 0 Å². The van der Waals surface area contributed by atoms with Crippen molar-refractivity contribution < 1.29 is 13.5 Å². The lowest BCUT2D eigenvalue weighted by Crippen LogP contribution is -2.34. The Morgan fingerprint density at radius 2 is 2.12 bits per heavy atom. The molecule has 1 heterocycles. The number of nitrogens with zero attached hydrogens (tertiary/aromatic N) is 1. The lowest BCUT2D eigenvalue weighted by molar-refractivity contribution is 0.133. The molecule has 96 valence electrons. The lowest BCUT2D eigenvalue weighted by atomic mass is 10.0. The number of halogens is 1. The Morgan fingerprint density at radius 3 is 2.56 bits per heavy atom. The van der Waals surface area contributed by atoms with Gasteiger partial charge in [-0.3, -0.25) is 0 Å². The SMILES string of the molecule is CC(CCl)CS(=O)(=O)N1CCC(C(C)O)C1. The molecule has 1 rings (SSSR count). The van der Waals surface area contributed by atoms with Crippen molar-refractivity contribution in [2.24, 2.45) is 11.8 Å². The average Bonchev–Trinajstić information content (AvgIpc) is 2.66. The number of hydrogen-bond acceptors (Lipinski definition) is 3. The first-order valence-corrected chi connectivity index (χ1v) is 7.73. The summed E-state index contributed by atoms with van der Waals surface area (Å²) in [5.74, 6) is 0.494. The maximum atomic E-state index is 12.0. The van der Waals surface area contributed by atoms with Gasteiger partial charge in [-0.2, -0.15) is 0 Å². The highest BCUT2D eigenvalue weighted by Crippen LogP contribution is 2.23. The lowest BCUT2D eigenvalue weighted by Gasteiger charge is -2.19. The zero-order valence-corrected chi connectivity index (χ0v) is 11.3. The molecule has 0 radical (unpaired) electrons. The molecule has 1 aliphatic rings. The van der Waals surface area contributed by atoms with Crippen LogP contribution in [0.5, 0.6) is 0 Å². The number of rotatable bonds is 5. The molecule has 1 N–H and O–H groups in total. The molecule has 16 heavy (non-hydrogen) atoms.